The molecule has 1 N–H and O–H groups in total. The quantitative estimate of drug-likeness (QED) is 0.823. The Morgan fingerprint density at radius 3 is 2.71 bits per heavy atom. The maximum atomic E-state index is 11.8. The lowest BCUT2D eigenvalue weighted by atomic mass is 10.2. The molecule has 0 aliphatic carbocycles. The molecular formula is C11H13ClF3NO. The Morgan fingerprint density at radius 2 is 2.06 bits per heavy atom. The van der Waals surface area contributed by atoms with E-state index >= 15 is 0 Å². The molecular weight excluding hydrogens is 255 g/mol. The van der Waals surface area contributed by atoms with Gasteiger partial charge in [-0.15, -0.1) is 0 Å². The lowest BCUT2D eigenvalue weighted by Crippen LogP contribution is -2.20. The second-order valence-corrected chi connectivity index (χ2v) is 3.99. The van der Waals surface area contributed by atoms with Gasteiger partial charge in [0.05, 0.1) is 6.61 Å². The molecule has 17 heavy (non-hydrogen) atoms. The van der Waals surface area contributed by atoms with E-state index in [0.717, 1.165) is 11.3 Å². The van der Waals surface area contributed by atoms with Crippen molar-refractivity contribution in [1.82, 2.24) is 0 Å². The third kappa shape index (κ3) is 5.79. The normalized spacial score (nSPS) is 11.6. The van der Waals surface area contributed by atoms with Crippen molar-refractivity contribution in [1.29, 1.82) is 0 Å². The molecule has 0 saturated heterocycles. The van der Waals surface area contributed by atoms with E-state index in [1.54, 1.807) is 12.1 Å². The van der Waals surface area contributed by atoms with E-state index in [1.165, 1.54) is 0 Å². The average molecular weight is 268 g/mol. The number of aryl methyl sites for hydroxylation is 1. The van der Waals surface area contributed by atoms with Gasteiger partial charge < -0.3 is 10.1 Å². The summed E-state index contributed by atoms with van der Waals surface area (Å²) in [4.78, 5) is 0. The standard InChI is InChI=1S/C11H13ClF3NO/c1-8-2-3-9(12)6-10(8)16-4-5-17-7-11(13,14)15/h2-3,6,16H,4-5,7H2,1H3. The lowest BCUT2D eigenvalue weighted by Gasteiger charge is -2.11. The number of anilines is 1. The number of nitrogens with one attached hydrogen (secondary N) is 1. The second-order valence-electron chi connectivity index (χ2n) is 3.55. The first kappa shape index (κ1) is 14.1. The Kier molecular flexibility index (Phi) is 5.08. The van der Waals surface area contributed by atoms with Crippen LogP contribution < -0.4 is 5.32 Å². The minimum absolute atomic E-state index is 0.00847. The highest BCUT2D eigenvalue weighted by Gasteiger charge is 2.27. The first-order valence-corrected chi connectivity index (χ1v) is 5.41. The smallest absolute Gasteiger partial charge is 0.382 e. The second kappa shape index (κ2) is 6.12. The summed E-state index contributed by atoms with van der Waals surface area (Å²) in [5.74, 6) is 0. The van der Waals surface area contributed by atoms with Crippen LogP contribution in [0.1, 0.15) is 5.56 Å². The van der Waals surface area contributed by atoms with Gasteiger partial charge in [-0.2, -0.15) is 13.2 Å². The Morgan fingerprint density at radius 1 is 1.35 bits per heavy atom. The van der Waals surface area contributed by atoms with E-state index in [-0.39, 0.29) is 6.61 Å². The van der Waals surface area contributed by atoms with Gasteiger partial charge >= 0.3 is 6.18 Å². The number of hydrogen-bond acceptors (Lipinski definition) is 2. The van der Waals surface area contributed by atoms with Gasteiger partial charge in [-0.05, 0) is 24.6 Å². The zero-order chi connectivity index (χ0) is 12.9. The first-order valence-electron chi connectivity index (χ1n) is 5.03. The molecule has 0 unspecified atom stereocenters. The highest BCUT2D eigenvalue weighted by molar-refractivity contribution is 6.30. The highest BCUT2D eigenvalue weighted by Crippen LogP contribution is 2.20. The van der Waals surface area contributed by atoms with Crippen LogP contribution in [0.5, 0.6) is 0 Å². The van der Waals surface area contributed by atoms with Crippen molar-refractivity contribution < 1.29 is 17.9 Å². The molecule has 0 aliphatic rings. The molecule has 0 radical (unpaired) electrons. The zero-order valence-electron chi connectivity index (χ0n) is 9.27. The van der Waals surface area contributed by atoms with Gasteiger partial charge in [-0.1, -0.05) is 17.7 Å². The zero-order valence-corrected chi connectivity index (χ0v) is 10.0. The Balaban J connectivity index is 2.29. The molecule has 0 saturated carbocycles. The van der Waals surface area contributed by atoms with Crippen LogP contribution in [0.2, 0.25) is 5.02 Å². The largest absolute Gasteiger partial charge is 0.411 e. The monoisotopic (exact) mass is 267 g/mol. The number of benzene rings is 1. The van der Waals surface area contributed by atoms with Crippen molar-refractivity contribution in [2.75, 3.05) is 25.1 Å². The Bertz CT molecular complexity index is 368. The maximum Gasteiger partial charge on any atom is 0.411 e. The minimum Gasteiger partial charge on any atom is -0.382 e. The van der Waals surface area contributed by atoms with Crippen molar-refractivity contribution in [3.8, 4) is 0 Å². The fourth-order valence-electron chi connectivity index (χ4n) is 1.23. The van der Waals surface area contributed by atoms with E-state index in [9.17, 15) is 13.2 Å². The van der Waals surface area contributed by atoms with Crippen LogP contribution in [0.3, 0.4) is 0 Å². The number of rotatable bonds is 5. The van der Waals surface area contributed by atoms with E-state index in [0.29, 0.717) is 11.6 Å². The van der Waals surface area contributed by atoms with Crippen molar-refractivity contribution in [2.24, 2.45) is 0 Å². The molecule has 96 valence electrons. The molecule has 0 atom stereocenters. The number of alkyl halides is 3. The van der Waals surface area contributed by atoms with Crippen LogP contribution in [-0.4, -0.2) is 25.9 Å². The summed E-state index contributed by atoms with van der Waals surface area (Å²) >= 11 is 5.80. The molecule has 0 spiro atoms. The van der Waals surface area contributed by atoms with Crippen molar-refractivity contribution in [2.45, 2.75) is 13.1 Å². The van der Waals surface area contributed by atoms with Crippen LogP contribution in [0.25, 0.3) is 0 Å². The fourth-order valence-corrected chi connectivity index (χ4v) is 1.40. The molecule has 2 nitrogen and oxygen atoms in total. The van der Waals surface area contributed by atoms with Crippen LogP contribution >= 0.6 is 11.6 Å². The van der Waals surface area contributed by atoms with Gasteiger partial charge in [0.1, 0.15) is 6.61 Å². The SMILES string of the molecule is Cc1ccc(Cl)cc1NCCOCC(F)(F)F. The van der Waals surface area contributed by atoms with Crippen molar-refractivity contribution in [3.63, 3.8) is 0 Å². The van der Waals surface area contributed by atoms with E-state index in [4.69, 9.17) is 11.6 Å². The summed E-state index contributed by atoms with van der Waals surface area (Å²) in [6.45, 7) is 0.959. The number of hydrogen-bond donors (Lipinski definition) is 1. The first-order chi connectivity index (χ1) is 7.88. The van der Waals surface area contributed by atoms with E-state index in [2.05, 4.69) is 10.1 Å². The van der Waals surface area contributed by atoms with Gasteiger partial charge in [-0.3, -0.25) is 0 Å². The molecule has 0 heterocycles. The summed E-state index contributed by atoms with van der Waals surface area (Å²) in [5.41, 5.74) is 1.78. The van der Waals surface area contributed by atoms with E-state index in [1.807, 2.05) is 13.0 Å². The van der Waals surface area contributed by atoms with Crippen molar-refractivity contribution >= 4 is 17.3 Å². The Labute approximate surface area is 103 Å². The van der Waals surface area contributed by atoms with Crippen molar-refractivity contribution in [3.05, 3.63) is 28.8 Å². The summed E-state index contributed by atoms with van der Waals surface area (Å²) < 4.78 is 39.7. The van der Waals surface area contributed by atoms with Gasteiger partial charge in [0.15, 0.2) is 0 Å². The molecule has 0 amide bonds. The third-order valence-electron chi connectivity index (χ3n) is 2.03. The predicted molar refractivity (Wildman–Crippen MR) is 61.6 cm³/mol. The summed E-state index contributed by atoms with van der Waals surface area (Å²) in [6, 6.07) is 5.31. The molecule has 1 aromatic rings. The van der Waals surface area contributed by atoms with Crippen LogP contribution in [-0.2, 0) is 4.74 Å². The maximum absolute atomic E-state index is 11.8. The number of halogens is 4. The summed E-state index contributed by atoms with van der Waals surface area (Å²) in [7, 11) is 0. The topological polar surface area (TPSA) is 21.3 Å². The van der Waals surface area contributed by atoms with Gasteiger partial charge in [0.25, 0.3) is 0 Å². The van der Waals surface area contributed by atoms with E-state index < -0.39 is 12.8 Å². The molecule has 0 bridgehead atoms. The molecule has 0 aliphatic heterocycles. The molecule has 0 aromatic heterocycles. The number of ether oxygens (including phenoxy) is 1. The third-order valence-corrected chi connectivity index (χ3v) is 2.26. The predicted octanol–water partition coefficient (Wildman–Crippen LogP) is 3.64. The van der Waals surface area contributed by atoms with Crippen LogP contribution in [0.15, 0.2) is 18.2 Å². The van der Waals surface area contributed by atoms with Gasteiger partial charge in [0, 0.05) is 17.3 Å². The lowest BCUT2D eigenvalue weighted by molar-refractivity contribution is -0.172. The Hall–Kier alpha value is -0.940. The highest BCUT2D eigenvalue weighted by atomic mass is 35.5. The molecule has 1 rings (SSSR count). The van der Waals surface area contributed by atoms with Gasteiger partial charge in [0.2, 0.25) is 0 Å². The van der Waals surface area contributed by atoms with Gasteiger partial charge in [-0.25, -0.2) is 0 Å². The van der Waals surface area contributed by atoms with Crippen LogP contribution in [0, 0.1) is 6.92 Å². The fraction of sp³-hybridized carbons (Fsp3) is 0.455. The van der Waals surface area contributed by atoms with Crippen LogP contribution in [0.4, 0.5) is 18.9 Å². The average Bonchev–Trinajstić information content (AvgIpc) is 2.21. The summed E-state index contributed by atoms with van der Waals surface area (Å²) in [6.07, 6.45) is -4.27. The summed E-state index contributed by atoms with van der Waals surface area (Å²) in [5, 5.41) is 3.54. The minimum atomic E-state index is -4.27. The molecule has 0 fully saturated rings. The molecule has 6 heteroatoms. The molecule has 1 aromatic carbocycles.